The molecule has 1 heterocycles. The molecule has 0 aliphatic carbocycles. The van der Waals surface area contributed by atoms with Crippen LogP contribution in [0.3, 0.4) is 0 Å². The van der Waals surface area contributed by atoms with E-state index in [1.807, 2.05) is 12.3 Å². The van der Waals surface area contributed by atoms with E-state index in [0.29, 0.717) is 5.82 Å². The molecule has 0 fully saturated rings. The molecule has 17 heavy (non-hydrogen) atoms. The number of nitrogens with one attached hydrogen (secondary N) is 1. The van der Waals surface area contributed by atoms with Crippen molar-refractivity contribution < 1.29 is 4.74 Å². The molecule has 0 bridgehead atoms. The molecule has 0 aliphatic rings. The van der Waals surface area contributed by atoms with Gasteiger partial charge in [0.25, 0.3) is 0 Å². The van der Waals surface area contributed by atoms with Gasteiger partial charge in [0, 0.05) is 5.38 Å². The van der Waals surface area contributed by atoms with Crippen molar-refractivity contribution >= 4 is 17.2 Å². The van der Waals surface area contributed by atoms with E-state index in [9.17, 15) is 0 Å². The molecule has 1 aromatic heterocycles. The molecule has 0 radical (unpaired) electrons. The molecule has 3 N–H and O–H groups in total. The Morgan fingerprint density at radius 3 is 2.71 bits per heavy atom. The van der Waals surface area contributed by atoms with Gasteiger partial charge in [0.1, 0.15) is 10.8 Å². The van der Waals surface area contributed by atoms with Crippen LogP contribution in [-0.4, -0.2) is 12.1 Å². The molecule has 0 unspecified atom stereocenters. The third-order valence-corrected chi connectivity index (χ3v) is 3.38. The van der Waals surface area contributed by atoms with E-state index in [2.05, 4.69) is 29.5 Å². The van der Waals surface area contributed by atoms with Crippen LogP contribution in [0.1, 0.15) is 11.1 Å². The maximum absolute atomic E-state index is 5.44. The molecule has 0 saturated carbocycles. The smallest absolute Gasteiger partial charge is 0.151 e. The predicted octanol–water partition coefficient (Wildman–Crippen LogP) is 2.72. The van der Waals surface area contributed by atoms with E-state index in [1.165, 1.54) is 5.56 Å². The Labute approximate surface area is 104 Å². The molecule has 5 heteroatoms. The second-order valence-electron chi connectivity index (χ2n) is 3.84. The normalized spacial score (nSPS) is 10.4. The zero-order chi connectivity index (χ0) is 12.4. The highest BCUT2D eigenvalue weighted by Gasteiger charge is 2.13. The van der Waals surface area contributed by atoms with E-state index >= 15 is 0 Å². The number of nitrogens with zero attached hydrogens (tertiary/aromatic N) is 1. The molecule has 2 aromatic rings. The highest BCUT2D eigenvalue weighted by molar-refractivity contribution is 7.13. The summed E-state index contributed by atoms with van der Waals surface area (Å²) in [5, 5.41) is 2.79. The number of ether oxygens (including phenoxy) is 1. The van der Waals surface area contributed by atoms with Gasteiger partial charge in [0.05, 0.1) is 12.7 Å². The van der Waals surface area contributed by atoms with Crippen LogP contribution < -0.4 is 16.0 Å². The SMILES string of the molecule is COc1c(C)cc(C)cc1-c1nc(NN)cs1. The Morgan fingerprint density at radius 1 is 1.35 bits per heavy atom. The Balaban J connectivity index is 2.57. The fourth-order valence-corrected chi connectivity index (χ4v) is 2.62. The third-order valence-electron chi connectivity index (χ3n) is 2.51. The molecule has 0 spiro atoms. The number of benzene rings is 1. The first kappa shape index (κ1) is 11.9. The van der Waals surface area contributed by atoms with Gasteiger partial charge in [0.2, 0.25) is 0 Å². The van der Waals surface area contributed by atoms with E-state index in [-0.39, 0.29) is 0 Å². The van der Waals surface area contributed by atoms with Crippen LogP contribution in [0.5, 0.6) is 5.75 Å². The number of anilines is 1. The molecular weight excluding hydrogens is 234 g/mol. The Hall–Kier alpha value is -1.59. The van der Waals surface area contributed by atoms with Crippen LogP contribution in [-0.2, 0) is 0 Å². The number of aryl methyl sites for hydroxylation is 2. The zero-order valence-electron chi connectivity index (χ0n) is 10.1. The van der Waals surface area contributed by atoms with Crippen molar-refractivity contribution in [2.24, 2.45) is 5.84 Å². The highest BCUT2D eigenvalue weighted by atomic mass is 32.1. The summed E-state index contributed by atoms with van der Waals surface area (Å²) in [7, 11) is 1.68. The van der Waals surface area contributed by atoms with Gasteiger partial charge in [-0.15, -0.1) is 11.3 Å². The average Bonchev–Trinajstić information content (AvgIpc) is 2.76. The summed E-state index contributed by atoms with van der Waals surface area (Å²) in [6.07, 6.45) is 0. The molecular formula is C12H15N3OS. The van der Waals surface area contributed by atoms with E-state index in [0.717, 1.165) is 21.9 Å². The van der Waals surface area contributed by atoms with Gasteiger partial charge in [-0.05, 0) is 31.0 Å². The maximum Gasteiger partial charge on any atom is 0.151 e. The number of hydrazine groups is 1. The van der Waals surface area contributed by atoms with Crippen molar-refractivity contribution in [2.45, 2.75) is 13.8 Å². The number of nitrogens with two attached hydrogens (primary N) is 1. The molecule has 0 atom stereocenters. The summed E-state index contributed by atoms with van der Waals surface area (Å²) in [6, 6.07) is 4.17. The summed E-state index contributed by atoms with van der Waals surface area (Å²) in [4.78, 5) is 4.39. The maximum atomic E-state index is 5.44. The fourth-order valence-electron chi connectivity index (χ4n) is 1.85. The van der Waals surface area contributed by atoms with Crippen molar-refractivity contribution in [1.82, 2.24) is 4.98 Å². The van der Waals surface area contributed by atoms with Gasteiger partial charge in [0.15, 0.2) is 5.82 Å². The second-order valence-corrected chi connectivity index (χ2v) is 4.70. The minimum Gasteiger partial charge on any atom is -0.496 e. The van der Waals surface area contributed by atoms with Gasteiger partial charge in [-0.1, -0.05) is 6.07 Å². The van der Waals surface area contributed by atoms with Crippen LogP contribution in [0.15, 0.2) is 17.5 Å². The number of nitrogen functional groups attached to an aromatic ring is 1. The first-order valence-electron chi connectivity index (χ1n) is 5.23. The van der Waals surface area contributed by atoms with E-state index in [4.69, 9.17) is 10.6 Å². The minimum atomic E-state index is 0.672. The predicted molar refractivity (Wildman–Crippen MR) is 71.4 cm³/mol. The van der Waals surface area contributed by atoms with Crippen molar-refractivity contribution in [1.29, 1.82) is 0 Å². The van der Waals surface area contributed by atoms with Gasteiger partial charge in [-0.2, -0.15) is 0 Å². The first-order valence-corrected chi connectivity index (χ1v) is 6.11. The van der Waals surface area contributed by atoms with Crippen molar-refractivity contribution in [3.8, 4) is 16.3 Å². The van der Waals surface area contributed by atoms with E-state index < -0.39 is 0 Å². The first-order chi connectivity index (χ1) is 8.15. The van der Waals surface area contributed by atoms with Gasteiger partial charge in [-0.3, -0.25) is 0 Å². The minimum absolute atomic E-state index is 0.672. The van der Waals surface area contributed by atoms with E-state index in [1.54, 1.807) is 18.4 Å². The Bertz CT molecular complexity index is 537. The fraction of sp³-hybridized carbons (Fsp3) is 0.250. The number of thiazole rings is 1. The standard InChI is InChI=1S/C12H15N3OS/c1-7-4-8(2)11(16-3)9(5-7)12-14-10(15-13)6-17-12/h4-6,15H,13H2,1-3H3. The third kappa shape index (κ3) is 2.25. The average molecular weight is 249 g/mol. The van der Waals surface area contributed by atoms with Crippen molar-refractivity contribution in [3.63, 3.8) is 0 Å². The van der Waals surface area contributed by atoms with Crippen LogP contribution in [0.4, 0.5) is 5.82 Å². The highest BCUT2D eigenvalue weighted by Crippen LogP contribution is 2.36. The molecule has 0 saturated heterocycles. The zero-order valence-corrected chi connectivity index (χ0v) is 10.9. The Kier molecular flexibility index (Phi) is 3.31. The Morgan fingerprint density at radius 2 is 2.12 bits per heavy atom. The lowest BCUT2D eigenvalue weighted by Crippen LogP contribution is -2.06. The largest absolute Gasteiger partial charge is 0.496 e. The van der Waals surface area contributed by atoms with Gasteiger partial charge in [-0.25, -0.2) is 10.8 Å². The summed E-state index contributed by atoms with van der Waals surface area (Å²) < 4.78 is 5.44. The molecule has 4 nitrogen and oxygen atoms in total. The number of aromatic nitrogens is 1. The molecule has 90 valence electrons. The van der Waals surface area contributed by atoms with Gasteiger partial charge >= 0.3 is 0 Å². The monoisotopic (exact) mass is 249 g/mol. The van der Waals surface area contributed by atoms with Crippen LogP contribution in [0, 0.1) is 13.8 Å². The van der Waals surface area contributed by atoms with Crippen molar-refractivity contribution in [3.05, 3.63) is 28.6 Å². The van der Waals surface area contributed by atoms with Crippen LogP contribution in [0.25, 0.3) is 10.6 Å². The molecule has 2 rings (SSSR count). The molecule has 0 aliphatic heterocycles. The van der Waals surface area contributed by atoms with Crippen molar-refractivity contribution in [2.75, 3.05) is 12.5 Å². The second kappa shape index (κ2) is 4.73. The lowest BCUT2D eigenvalue weighted by atomic mass is 10.1. The van der Waals surface area contributed by atoms with Crippen LogP contribution >= 0.6 is 11.3 Å². The summed E-state index contributed by atoms with van der Waals surface area (Å²) >= 11 is 1.54. The topological polar surface area (TPSA) is 60.2 Å². The number of hydrogen-bond acceptors (Lipinski definition) is 5. The number of methoxy groups -OCH3 is 1. The van der Waals surface area contributed by atoms with Crippen LogP contribution in [0.2, 0.25) is 0 Å². The number of hydrogen-bond donors (Lipinski definition) is 2. The quantitative estimate of drug-likeness (QED) is 0.648. The van der Waals surface area contributed by atoms with Gasteiger partial charge < -0.3 is 10.2 Å². The molecule has 0 amide bonds. The summed E-state index contributed by atoms with van der Waals surface area (Å²) in [5.74, 6) is 6.88. The lowest BCUT2D eigenvalue weighted by molar-refractivity contribution is 0.413. The summed E-state index contributed by atoms with van der Waals surface area (Å²) in [5.41, 5.74) is 5.85. The number of rotatable bonds is 3. The summed E-state index contributed by atoms with van der Waals surface area (Å²) in [6.45, 7) is 4.09. The molecule has 1 aromatic carbocycles. The lowest BCUT2D eigenvalue weighted by Gasteiger charge is -2.10.